The number of allylic oxidation sites excluding steroid dienone is 2. The Labute approximate surface area is 222 Å². The van der Waals surface area contributed by atoms with Crippen LogP contribution in [0.1, 0.15) is 40.9 Å². The molecule has 3 aromatic rings. The fraction of sp³-hybridized carbons (Fsp3) is 0.241. The number of nitrogens with zero attached hydrogens (tertiary/aromatic N) is 2. The lowest BCUT2D eigenvalue weighted by Gasteiger charge is -2.30. The molecule has 0 aliphatic carbocycles. The molecular formula is C29H26F5N3O2. The molecule has 1 aliphatic rings. The van der Waals surface area contributed by atoms with E-state index in [-0.39, 0.29) is 12.0 Å². The zero-order valence-electron chi connectivity index (χ0n) is 21.4. The van der Waals surface area contributed by atoms with Gasteiger partial charge in [0.15, 0.2) is 11.6 Å². The number of alkyl halides is 3. The number of halogens is 5. The summed E-state index contributed by atoms with van der Waals surface area (Å²) in [6.07, 6.45) is -2.12. The largest absolute Gasteiger partial charge is 0.497 e. The van der Waals surface area contributed by atoms with E-state index < -0.39 is 34.7 Å². The zero-order chi connectivity index (χ0) is 28.4. The van der Waals surface area contributed by atoms with Gasteiger partial charge in [-0.05, 0) is 79.9 Å². The number of likely N-dealkylation sites (N-methyl/N-ethyl adjacent to an activating group) is 1. The first-order valence-electron chi connectivity index (χ1n) is 12.1. The van der Waals surface area contributed by atoms with E-state index in [4.69, 9.17) is 4.74 Å². The maximum Gasteiger partial charge on any atom is 0.419 e. The molecule has 0 radical (unpaired) electrons. The van der Waals surface area contributed by atoms with Crippen LogP contribution in [0.5, 0.6) is 5.75 Å². The standard InChI is InChI=1S/C29H26F5N3O2/c1-4-37-24-11-10-20(39-3)16-21(24)28(2,17-18-14-22(29(32,33)34)26(31)23(30)15-18)25(37)12-13-35-36-27(38)19-8-6-5-7-9-19/h5-16H,4,17H2,1-3H3,(H,36,38)/b25-12-,35-13+. The molecule has 1 atom stereocenters. The van der Waals surface area contributed by atoms with Gasteiger partial charge in [-0.3, -0.25) is 4.79 Å². The Morgan fingerprint density at radius 1 is 1.10 bits per heavy atom. The molecular weight excluding hydrogens is 517 g/mol. The minimum absolute atomic E-state index is 0.0318. The predicted octanol–water partition coefficient (Wildman–Crippen LogP) is 6.63. The van der Waals surface area contributed by atoms with E-state index in [0.29, 0.717) is 29.6 Å². The first-order valence-corrected chi connectivity index (χ1v) is 12.1. The molecule has 1 amide bonds. The number of hydrogen-bond acceptors (Lipinski definition) is 4. The number of rotatable bonds is 7. The summed E-state index contributed by atoms with van der Waals surface area (Å²) >= 11 is 0. The molecule has 3 aromatic carbocycles. The molecule has 1 heterocycles. The van der Waals surface area contributed by atoms with Crippen LogP contribution in [0.2, 0.25) is 0 Å². The van der Waals surface area contributed by atoms with Crippen LogP contribution in [0.4, 0.5) is 27.6 Å². The highest BCUT2D eigenvalue weighted by Gasteiger charge is 2.44. The number of nitrogens with one attached hydrogen (secondary N) is 1. The van der Waals surface area contributed by atoms with Crippen molar-refractivity contribution < 1.29 is 31.5 Å². The van der Waals surface area contributed by atoms with Gasteiger partial charge in [-0.25, -0.2) is 14.2 Å². The van der Waals surface area contributed by atoms with Crippen molar-refractivity contribution in [1.29, 1.82) is 0 Å². The van der Waals surface area contributed by atoms with Crippen molar-refractivity contribution in [2.24, 2.45) is 5.10 Å². The summed E-state index contributed by atoms with van der Waals surface area (Å²) in [4.78, 5) is 14.3. The second kappa shape index (κ2) is 10.9. The summed E-state index contributed by atoms with van der Waals surface area (Å²) in [5, 5.41) is 4.01. The molecule has 0 bridgehead atoms. The SMILES string of the molecule is CCN1/C(=C\C=N\NC(=O)c2ccccc2)C(C)(Cc2cc(F)c(F)c(C(F)(F)F)c2)c2cc(OC)ccc21. The van der Waals surface area contributed by atoms with E-state index in [0.717, 1.165) is 17.3 Å². The molecule has 1 unspecified atom stereocenters. The lowest BCUT2D eigenvalue weighted by atomic mass is 9.76. The van der Waals surface area contributed by atoms with Crippen LogP contribution >= 0.6 is 0 Å². The van der Waals surface area contributed by atoms with E-state index in [2.05, 4.69) is 10.5 Å². The molecule has 5 nitrogen and oxygen atoms in total. The van der Waals surface area contributed by atoms with Gasteiger partial charge in [-0.2, -0.15) is 18.3 Å². The molecule has 0 saturated carbocycles. The maximum atomic E-state index is 14.3. The Morgan fingerprint density at radius 2 is 1.82 bits per heavy atom. The number of benzene rings is 3. The van der Waals surface area contributed by atoms with Crippen molar-refractivity contribution in [2.75, 3.05) is 18.6 Å². The lowest BCUT2D eigenvalue weighted by molar-refractivity contribution is -0.140. The molecule has 4 rings (SSSR count). The van der Waals surface area contributed by atoms with Crippen molar-refractivity contribution in [1.82, 2.24) is 5.43 Å². The minimum Gasteiger partial charge on any atom is -0.497 e. The monoisotopic (exact) mass is 543 g/mol. The Hall–Kier alpha value is -4.21. The van der Waals surface area contributed by atoms with Crippen molar-refractivity contribution >= 4 is 17.8 Å². The number of carbonyl (C=O) groups excluding carboxylic acids is 1. The average Bonchev–Trinajstić information content (AvgIpc) is 3.14. The van der Waals surface area contributed by atoms with Gasteiger partial charge in [-0.1, -0.05) is 18.2 Å². The fourth-order valence-corrected chi connectivity index (χ4v) is 4.91. The summed E-state index contributed by atoms with van der Waals surface area (Å²) in [5.74, 6) is -3.39. The van der Waals surface area contributed by atoms with Crippen LogP contribution in [0.3, 0.4) is 0 Å². The quantitative estimate of drug-likeness (QED) is 0.207. The predicted molar refractivity (Wildman–Crippen MR) is 139 cm³/mol. The first kappa shape index (κ1) is 27.8. The lowest BCUT2D eigenvalue weighted by Crippen LogP contribution is -2.31. The van der Waals surface area contributed by atoms with Crippen LogP contribution in [0, 0.1) is 11.6 Å². The summed E-state index contributed by atoms with van der Waals surface area (Å²) in [5.41, 5.74) is 2.34. The van der Waals surface area contributed by atoms with Crippen LogP contribution in [-0.2, 0) is 18.0 Å². The van der Waals surface area contributed by atoms with Gasteiger partial charge >= 0.3 is 6.18 Å². The molecule has 204 valence electrons. The zero-order valence-corrected chi connectivity index (χ0v) is 21.4. The maximum absolute atomic E-state index is 14.3. The average molecular weight is 544 g/mol. The third-order valence-corrected chi connectivity index (χ3v) is 6.72. The van der Waals surface area contributed by atoms with Gasteiger partial charge in [0.05, 0.1) is 12.7 Å². The second-order valence-electron chi connectivity index (χ2n) is 9.21. The van der Waals surface area contributed by atoms with Gasteiger partial charge in [0.2, 0.25) is 0 Å². The van der Waals surface area contributed by atoms with E-state index in [9.17, 15) is 26.7 Å². The topological polar surface area (TPSA) is 53.9 Å². The van der Waals surface area contributed by atoms with E-state index >= 15 is 0 Å². The Morgan fingerprint density at radius 3 is 2.46 bits per heavy atom. The number of amides is 1. The number of anilines is 1. The molecule has 10 heteroatoms. The van der Waals surface area contributed by atoms with Gasteiger partial charge in [0.25, 0.3) is 5.91 Å². The van der Waals surface area contributed by atoms with Crippen LogP contribution in [0.25, 0.3) is 0 Å². The number of fused-ring (bicyclic) bond motifs is 1. The molecule has 1 aliphatic heterocycles. The Balaban J connectivity index is 1.76. The number of methoxy groups -OCH3 is 1. The van der Waals surface area contributed by atoms with E-state index in [1.807, 2.05) is 17.9 Å². The van der Waals surface area contributed by atoms with Gasteiger partial charge in [0, 0.05) is 35.1 Å². The highest BCUT2D eigenvalue weighted by Crippen LogP contribution is 2.51. The smallest absolute Gasteiger partial charge is 0.419 e. The minimum atomic E-state index is -5.06. The van der Waals surface area contributed by atoms with Gasteiger partial charge in [0.1, 0.15) is 5.75 Å². The van der Waals surface area contributed by atoms with Crippen molar-refractivity contribution in [3.05, 3.63) is 106 Å². The van der Waals surface area contributed by atoms with Gasteiger partial charge in [-0.15, -0.1) is 0 Å². The third-order valence-electron chi connectivity index (χ3n) is 6.72. The number of ether oxygens (including phenoxy) is 1. The highest BCUT2D eigenvalue weighted by molar-refractivity contribution is 5.94. The van der Waals surface area contributed by atoms with Crippen LogP contribution < -0.4 is 15.1 Å². The molecule has 0 aromatic heterocycles. The van der Waals surface area contributed by atoms with Crippen molar-refractivity contribution in [2.45, 2.75) is 31.9 Å². The second-order valence-corrected chi connectivity index (χ2v) is 9.21. The van der Waals surface area contributed by atoms with Crippen LogP contribution in [-0.4, -0.2) is 25.8 Å². The Kier molecular flexibility index (Phi) is 7.76. The fourth-order valence-electron chi connectivity index (χ4n) is 4.91. The third kappa shape index (κ3) is 5.50. The van der Waals surface area contributed by atoms with E-state index in [1.165, 1.54) is 13.3 Å². The summed E-state index contributed by atoms with van der Waals surface area (Å²) in [7, 11) is 1.50. The van der Waals surface area contributed by atoms with Crippen molar-refractivity contribution in [3.8, 4) is 5.75 Å². The summed E-state index contributed by atoms with van der Waals surface area (Å²) in [6.45, 7) is 4.20. The summed E-state index contributed by atoms with van der Waals surface area (Å²) < 4.78 is 74.1. The Bertz CT molecular complexity index is 1440. The van der Waals surface area contributed by atoms with Crippen molar-refractivity contribution in [3.63, 3.8) is 0 Å². The molecule has 0 saturated heterocycles. The number of hydrogen-bond donors (Lipinski definition) is 1. The molecule has 0 fully saturated rings. The van der Waals surface area contributed by atoms with E-state index in [1.54, 1.807) is 55.5 Å². The number of hydrazone groups is 1. The normalized spacial score (nSPS) is 18.1. The summed E-state index contributed by atoms with van der Waals surface area (Å²) in [6, 6.07) is 15.3. The molecule has 1 N–H and O–H groups in total. The molecule has 0 spiro atoms. The number of carbonyl (C=O) groups is 1. The first-order chi connectivity index (χ1) is 18.5. The van der Waals surface area contributed by atoms with Crippen LogP contribution in [0.15, 0.2) is 77.5 Å². The highest BCUT2D eigenvalue weighted by atomic mass is 19.4. The van der Waals surface area contributed by atoms with Gasteiger partial charge < -0.3 is 9.64 Å². The molecule has 39 heavy (non-hydrogen) atoms.